The molecule has 0 bridgehead atoms. The number of rotatable bonds is 5. The van der Waals surface area contributed by atoms with Crippen molar-refractivity contribution in [3.8, 4) is 17.2 Å². The normalized spacial score (nSPS) is 18.2. The zero-order valence-electron chi connectivity index (χ0n) is 18.6. The van der Waals surface area contributed by atoms with Gasteiger partial charge in [-0.05, 0) is 19.1 Å². The fraction of sp³-hybridized carbons (Fsp3) is 0.280. The van der Waals surface area contributed by atoms with Gasteiger partial charge in [0.1, 0.15) is 29.1 Å². The van der Waals surface area contributed by atoms with Crippen LogP contribution in [0.3, 0.4) is 0 Å². The quantitative estimate of drug-likeness (QED) is 0.436. The van der Waals surface area contributed by atoms with Crippen LogP contribution in [0, 0.1) is 0 Å². The number of carbonyl (C=O) groups is 2. The lowest BCUT2D eigenvalue weighted by molar-refractivity contribution is -0.158. The van der Waals surface area contributed by atoms with E-state index in [1.807, 2.05) is 36.4 Å². The van der Waals surface area contributed by atoms with Crippen molar-refractivity contribution in [1.82, 2.24) is 0 Å². The summed E-state index contributed by atoms with van der Waals surface area (Å²) >= 11 is 0. The van der Waals surface area contributed by atoms with Gasteiger partial charge >= 0.3 is 5.97 Å². The van der Waals surface area contributed by atoms with E-state index in [0.717, 1.165) is 16.2 Å². The van der Waals surface area contributed by atoms with Gasteiger partial charge in [0.15, 0.2) is 6.10 Å². The first-order chi connectivity index (χ1) is 15.4. The van der Waals surface area contributed by atoms with Gasteiger partial charge in [0.05, 0.1) is 32.3 Å². The number of ketones is 1. The summed E-state index contributed by atoms with van der Waals surface area (Å²) in [5, 5.41) is 3.29. The predicted octanol–water partition coefficient (Wildman–Crippen LogP) is 4.28. The van der Waals surface area contributed by atoms with Crippen LogP contribution in [-0.4, -0.2) is 45.3 Å². The second kappa shape index (κ2) is 8.42. The Labute approximate surface area is 185 Å². The molecule has 0 amide bonds. The van der Waals surface area contributed by atoms with E-state index in [0.29, 0.717) is 34.0 Å². The summed E-state index contributed by atoms with van der Waals surface area (Å²) in [6.07, 6.45) is -0.302. The van der Waals surface area contributed by atoms with Crippen molar-refractivity contribution in [3.63, 3.8) is 0 Å². The van der Waals surface area contributed by atoms with Gasteiger partial charge in [-0.2, -0.15) is 0 Å². The van der Waals surface area contributed by atoms with Gasteiger partial charge in [0.2, 0.25) is 5.78 Å². The summed E-state index contributed by atoms with van der Waals surface area (Å²) in [5.74, 6) is 1.25. The first kappa shape index (κ1) is 21.5. The molecule has 7 nitrogen and oxygen atoms in total. The SMILES string of the molecule is COc1c2ccccc2c(OC)c2c(OC)c(C3=CC(=O)[C@H](OC(C)=O)[C@@H](C)O3)ccc12. The number of ether oxygens (including phenoxy) is 5. The Morgan fingerprint density at radius 3 is 2.06 bits per heavy atom. The van der Waals surface area contributed by atoms with Crippen molar-refractivity contribution in [1.29, 1.82) is 0 Å². The van der Waals surface area contributed by atoms with Gasteiger partial charge in [-0.3, -0.25) is 9.59 Å². The fourth-order valence-corrected chi connectivity index (χ4v) is 4.21. The molecule has 0 radical (unpaired) electrons. The maximum Gasteiger partial charge on any atom is 0.303 e. The average molecular weight is 436 g/mol. The standard InChI is InChI=1S/C25H24O7/c1-13-22(32-14(2)26)19(27)12-20(31-13)17-10-11-18-21(25(17)30-5)24(29-4)16-9-7-6-8-15(16)23(18)28-3/h6-13,22H,1-5H3/t13-,22-/m1/s1. The highest BCUT2D eigenvalue weighted by Gasteiger charge is 2.35. The Balaban J connectivity index is 1.98. The Hall–Kier alpha value is -3.74. The van der Waals surface area contributed by atoms with Crippen molar-refractivity contribution in [2.75, 3.05) is 21.3 Å². The number of esters is 1. The molecule has 0 aliphatic carbocycles. The van der Waals surface area contributed by atoms with Gasteiger partial charge in [-0.25, -0.2) is 0 Å². The maximum atomic E-state index is 12.7. The van der Waals surface area contributed by atoms with Crippen molar-refractivity contribution in [3.05, 3.63) is 48.0 Å². The molecule has 1 aliphatic heterocycles. The molecule has 32 heavy (non-hydrogen) atoms. The molecular formula is C25H24O7. The van der Waals surface area contributed by atoms with Crippen LogP contribution in [0.2, 0.25) is 0 Å². The molecule has 0 aromatic heterocycles. The first-order valence-corrected chi connectivity index (χ1v) is 10.1. The molecule has 166 valence electrons. The minimum Gasteiger partial charge on any atom is -0.495 e. The topological polar surface area (TPSA) is 80.3 Å². The zero-order valence-corrected chi connectivity index (χ0v) is 18.6. The van der Waals surface area contributed by atoms with E-state index in [1.165, 1.54) is 13.0 Å². The summed E-state index contributed by atoms with van der Waals surface area (Å²) < 4.78 is 28.5. The predicted molar refractivity (Wildman–Crippen MR) is 120 cm³/mol. The third kappa shape index (κ3) is 3.39. The first-order valence-electron chi connectivity index (χ1n) is 10.1. The van der Waals surface area contributed by atoms with Crippen LogP contribution in [0.5, 0.6) is 17.2 Å². The molecule has 0 unspecified atom stereocenters. The molecule has 0 saturated heterocycles. The number of carbonyl (C=O) groups excluding carboxylic acids is 2. The van der Waals surface area contributed by atoms with Crippen LogP contribution in [0.4, 0.5) is 0 Å². The summed E-state index contributed by atoms with van der Waals surface area (Å²) in [5.41, 5.74) is 0.581. The lowest BCUT2D eigenvalue weighted by atomic mass is 9.95. The van der Waals surface area contributed by atoms with Gasteiger partial charge in [-0.15, -0.1) is 0 Å². The average Bonchev–Trinajstić information content (AvgIpc) is 2.78. The number of benzene rings is 3. The van der Waals surface area contributed by atoms with Gasteiger partial charge in [0.25, 0.3) is 0 Å². The van der Waals surface area contributed by atoms with Crippen LogP contribution in [0.25, 0.3) is 27.3 Å². The van der Waals surface area contributed by atoms with Gasteiger partial charge in [-0.1, -0.05) is 24.3 Å². The van der Waals surface area contributed by atoms with Gasteiger partial charge < -0.3 is 23.7 Å². The third-order valence-electron chi connectivity index (χ3n) is 5.51. The fourth-order valence-electron chi connectivity index (χ4n) is 4.21. The van der Waals surface area contributed by atoms with Crippen LogP contribution in [0.1, 0.15) is 19.4 Å². The van der Waals surface area contributed by atoms with Crippen molar-refractivity contribution >= 4 is 39.1 Å². The van der Waals surface area contributed by atoms with E-state index in [1.54, 1.807) is 28.3 Å². The highest BCUT2D eigenvalue weighted by Crippen LogP contribution is 2.48. The Kier molecular flexibility index (Phi) is 5.65. The largest absolute Gasteiger partial charge is 0.495 e. The number of fused-ring (bicyclic) bond motifs is 2. The van der Waals surface area contributed by atoms with E-state index >= 15 is 0 Å². The zero-order chi connectivity index (χ0) is 23.0. The van der Waals surface area contributed by atoms with Crippen LogP contribution in [-0.2, 0) is 19.1 Å². The molecular weight excluding hydrogens is 412 g/mol. The molecule has 0 spiro atoms. The maximum absolute atomic E-state index is 12.7. The second-order valence-corrected chi connectivity index (χ2v) is 7.44. The minimum absolute atomic E-state index is 0.332. The van der Waals surface area contributed by atoms with Crippen molar-refractivity contribution in [2.45, 2.75) is 26.1 Å². The monoisotopic (exact) mass is 436 g/mol. The molecule has 1 aliphatic rings. The smallest absolute Gasteiger partial charge is 0.303 e. The van der Waals surface area contributed by atoms with E-state index in [4.69, 9.17) is 23.7 Å². The van der Waals surface area contributed by atoms with E-state index in [9.17, 15) is 9.59 Å². The highest BCUT2D eigenvalue weighted by molar-refractivity contribution is 6.14. The lowest BCUT2D eigenvalue weighted by Crippen LogP contribution is -2.39. The molecule has 0 saturated carbocycles. The number of hydrogen-bond donors (Lipinski definition) is 0. The molecule has 0 N–H and O–H groups in total. The molecule has 3 aromatic carbocycles. The van der Waals surface area contributed by atoms with Crippen molar-refractivity contribution < 1.29 is 33.3 Å². The molecule has 2 atom stereocenters. The summed E-state index contributed by atoms with van der Waals surface area (Å²) in [4.78, 5) is 24.0. The van der Waals surface area contributed by atoms with Crippen molar-refractivity contribution in [2.24, 2.45) is 0 Å². The summed E-state index contributed by atoms with van der Waals surface area (Å²) in [6, 6.07) is 11.5. The van der Waals surface area contributed by atoms with Crippen LogP contribution < -0.4 is 14.2 Å². The number of methoxy groups -OCH3 is 3. The molecule has 7 heteroatoms. The van der Waals surface area contributed by atoms with Gasteiger partial charge in [0, 0.05) is 29.2 Å². The molecule has 1 heterocycles. The molecule has 0 fully saturated rings. The minimum atomic E-state index is -0.985. The Morgan fingerprint density at radius 2 is 1.50 bits per heavy atom. The summed E-state index contributed by atoms with van der Waals surface area (Å²) in [6.45, 7) is 2.94. The highest BCUT2D eigenvalue weighted by atomic mass is 16.6. The molecule has 3 aromatic rings. The summed E-state index contributed by atoms with van der Waals surface area (Å²) in [7, 11) is 4.78. The third-order valence-corrected chi connectivity index (χ3v) is 5.51. The molecule has 4 rings (SSSR count). The van der Waals surface area contributed by atoms with E-state index in [-0.39, 0.29) is 5.78 Å². The number of hydrogen-bond acceptors (Lipinski definition) is 7. The Morgan fingerprint density at radius 1 is 0.875 bits per heavy atom. The van der Waals surface area contributed by atoms with Crippen LogP contribution >= 0.6 is 0 Å². The van der Waals surface area contributed by atoms with E-state index in [2.05, 4.69) is 0 Å². The second-order valence-electron chi connectivity index (χ2n) is 7.44. The lowest BCUT2D eigenvalue weighted by Gasteiger charge is -2.29. The van der Waals surface area contributed by atoms with E-state index < -0.39 is 18.2 Å². The van der Waals surface area contributed by atoms with Crippen LogP contribution in [0.15, 0.2) is 42.5 Å². The Bertz CT molecular complexity index is 1260.